The summed E-state index contributed by atoms with van der Waals surface area (Å²) in [5.41, 5.74) is 2.44. The summed E-state index contributed by atoms with van der Waals surface area (Å²) in [6.45, 7) is 2.02. The monoisotopic (exact) mass is 545 g/mol. The van der Waals surface area contributed by atoms with Gasteiger partial charge in [-0.3, -0.25) is 14.2 Å². The molecule has 0 unspecified atom stereocenters. The molecule has 7 nitrogen and oxygen atoms in total. The van der Waals surface area contributed by atoms with Crippen molar-refractivity contribution in [3.05, 3.63) is 62.1 Å². The van der Waals surface area contributed by atoms with Crippen molar-refractivity contribution in [1.82, 2.24) is 9.55 Å². The highest BCUT2D eigenvalue weighted by Crippen LogP contribution is 2.39. The zero-order chi connectivity index (χ0) is 25.2. The molecule has 5 rings (SSSR count). The lowest BCUT2D eigenvalue weighted by Gasteiger charge is -2.14. The van der Waals surface area contributed by atoms with Gasteiger partial charge in [0.2, 0.25) is 5.91 Å². The second-order valence-corrected chi connectivity index (χ2v) is 11.5. The van der Waals surface area contributed by atoms with Crippen LogP contribution in [0.3, 0.4) is 0 Å². The van der Waals surface area contributed by atoms with E-state index in [2.05, 4.69) is 10.3 Å². The molecule has 0 saturated heterocycles. The number of hydrogen-bond donors (Lipinski definition) is 1. The van der Waals surface area contributed by atoms with E-state index in [-0.39, 0.29) is 23.8 Å². The lowest BCUT2D eigenvalue weighted by Crippen LogP contribution is -2.24. The van der Waals surface area contributed by atoms with E-state index in [0.29, 0.717) is 32.7 Å². The largest absolute Gasteiger partial charge is 0.462 e. The van der Waals surface area contributed by atoms with Gasteiger partial charge in [-0.05, 0) is 62.4 Å². The van der Waals surface area contributed by atoms with Gasteiger partial charge in [-0.1, -0.05) is 11.8 Å². The molecule has 0 spiro atoms. The Hall–Kier alpha value is -2.63. The number of nitrogens with one attached hydrogen (secondary N) is 1. The molecular weight excluding hydrogens is 521 g/mol. The summed E-state index contributed by atoms with van der Waals surface area (Å²) in [6, 6.07) is 5.63. The van der Waals surface area contributed by atoms with Crippen molar-refractivity contribution in [2.24, 2.45) is 0 Å². The molecule has 0 bridgehead atoms. The third kappa shape index (κ3) is 4.96. The fourth-order valence-corrected chi connectivity index (χ4v) is 7.52. The molecular formula is C25H24FN3O4S3. The minimum atomic E-state index is -0.414. The molecule has 1 aliphatic heterocycles. The number of carbonyl (C=O) groups excluding carboxylic acids is 2. The average molecular weight is 546 g/mol. The van der Waals surface area contributed by atoms with Crippen LogP contribution in [0.1, 0.15) is 46.3 Å². The Morgan fingerprint density at radius 3 is 2.75 bits per heavy atom. The van der Waals surface area contributed by atoms with Gasteiger partial charge >= 0.3 is 5.97 Å². The molecule has 1 amide bonds. The number of thioether (sulfide) groups is 2. The van der Waals surface area contributed by atoms with Gasteiger partial charge in [-0.25, -0.2) is 14.2 Å². The maximum atomic E-state index is 13.5. The van der Waals surface area contributed by atoms with E-state index in [9.17, 15) is 18.8 Å². The van der Waals surface area contributed by atoms with Crippen molar-refractivity contribution in [3.63, 3.8) is 0 Å². The Balaban J connectivity index is 1.40. The standard InChI is InChI=1S/C25H24FN3O4S3/c1-2-33-24(32)20-16-5-3-4-6-18(16)36-22(20)28-19(30)13-35-25-27-17-11-12-34-21(17)23(31)29(25)15-9-7-14(26)8-10-15/h7-10H,2-6,11-13H2,1H3,(H,28,30). The summed E-state index contributed by atoms with van der Waals surface area (Å²) >= 11 is 4.04. The Morgan fingerprint density at radius 2 is 1.97 bits per heavy atom. The highest BCUT2D eigenvalue weighted by molar-refractivity contribution is 8.00. The van der Waals surface area contributed by atoms with Crippen LogP contribution in [-0.4, -0.2) is 39.5 Å². The number of hydrogen-bond acceptors (Lipinski definition) is 8. The third-order valence-corrected chi connectivity index (χ3v) is 9.24. The van der Waals surface area contributed by atoms with Crippen molar-refractivity contribution in [3.8, 4) is 5.69 Å². The molecule has 188 valence electrons. The maximum Gasteiger partial charge on any atom is 0.341 e. The Kier molecular flexibility index (Phi) is 7.49. The maximum absolute atomic E-state index is 13.5. The average Bonchev–Trinajstić information content (AvgIpc) is 3.48. The Bertz CT molecular complexity index is 1380. The Morgan fingerprint density at radius 1 is 1.19 bits per heavy atom. The molecule has 0 radical (unpaired) electrons. The van der Waals surface area contributed by atoms with Crippen LogP contribution in [0.15, 0.2) is 39.1 Å². The van der Waals surface area contributed by atoms with E-state index in [4.69, 9.17) is 4.74 Å². The van der Waals surface area contributed by atoms with Crippen molar-refractivity contribution in [2.45, 2.75) is 49.1 Å². The van der Waals surface area contributed by atoms with Crippen LogP contribution in [0.2, 0.25) is 0 Å². The molecule has 2 aromatic heterocycles. The molecule has 1 aromatic carbocycles. The van der Waals surface area contributed by atoms with E-state index in [1.807, 2.05) is 0 Å². The zero-order valence-corrected chi connectivity index (χ0v) is 22.0. The van der Waals surface area contributed by atoms with Crippen LogP contribution in [0.4, 0.5) is 9.39 Å². The highest BCUT2D eigenvalue weighted by atomic mass is 32.2. The fraction of sp³-hybridized carbons (Fsp3) is 0.360. The molecule has 11 heteroatoms. The topological polar surface area (TPSA) is 90.3 Å². The van der Waals surface area contributed by atoms with Crippen LogP contribution in [0, 0.1) is 5.82 Å². The molecule has 0 saturated carbocycles. The number of benzene rings is 1. The summed E-state index contributed by atoms with van der Waals surface area (Å²) in [7, 11) is 0. The van der Waals surface area contributed by atoms with Gasteiger partial charge in [-0.15, -0.1) is 23.1 Å². The van der Waals surface area contributed by atoms with Gasteiger partial charge in [0.15, 0.2) is 5.16 Å². The van der Waals surface area contributed by atoms with Gasteiger partial charge in [0.25, 0.3) is 5.56 Å². The number of ether oxygens (including phenoxy) is 1. The Labute approximate surface area is 219 Å². The number of aryl methyl sites for hydroxylation is 2. The number of amides is 1. The summed E-state index contributed by atoms with van der Waals surface area (Å²) in [6.07, 6.45) is 4.43. The SMILES string of the molecule is CCOC(=O)c1c(NC(=O)CSc2nc3c(c(=O)n2-c2ccc(F)cc2)SCC3)sc2c1CCCC2. The van der Waals surface area contributed by atoms with E-state index in [1.54, 1.807) is 6.92 Å². The second kappa shape index (κ2) is 10.8. The molecule has 36 heavy (non-hydrogen) atoms. The minimum absolute atomic E-state index is 0.00953. The molecule has 0 atom stereocenters. The number of thiophene rings is 1. The van der Waals surface area contributed by atoms with Gasteiger partial charge < -0.3 is 10.1 Å². The van der Waals surface area contributed by atoms with Crippen LogP contribution in [0.25, 0.3) is 5.69 Å². The van der Waals surface area contributed by atoms with E-state index in [1.165, 1.54) is 51.9 Å². The number of aromatic nitrogens is 2. The summed E-state index contributed by atoms with van der Waals surface area (Å²) in [4.78, 5) is 45.3. The highest BCUT2D eigenvalue weighted by Gasteiger charge is 2.28. The zero-order valence-electron chi connectivity index (χ0n) is 19.6. The predicted molar refractivity (Wildman–Crippen MR) is 140 cm³/mol. The van der Waals surface area contributed by atoms with Crippen molar-refractivity contribution in [2.75, 3.05) is 23.4 Å². The van der Waals surface area contributed by atoms with Crippen LogP contribution in [0.5, 0.6) is 0 Å². The first kappa shape index (κ1) is 25.0. The smallest absolute Gasteiger partial charge is 0.341 e. The lowest BCUT2D eigenvalue weighted by molar-refractivity contribution is -0.113. The number of halogens is 1. The second-order valence-electron chi connectivity index (χ2n) is 8.36. The van der Waals surface area contributed by atoms with Gasteiger partial charge in [-0.2, -0.15) is 0 Å². The predicted octanol–water partition coefficient (Wildman–Crippen LogP) is 4.87. The van der Waals surface area contributed by atoms with E-state index < -0.39 is 11.8 Å². The normalized spacial score (nSPS) is 14.3. The van der Waals surface area contributed by atoms with E-state index >= 15 is 0 Å². The molecule has 1 aliphatic carbocycles. The molecule has 0 fully saturated rings. The first-order valence-corrected chi connectivity index (χ1v) is 14.5. The van der Waals surface area contributed by atoms with Crippen LogP contribution in [-0.2, 0) is 28.8 Å². The van der Waals surface area contributed by atoms with Crippen LogP contribution >= 0.6 is 34.9 Å². The van der Waals surface area contributed by atoms with Crippen molar-refractivity contribution >= 4 is 51.7 Å². The summed E-state index contributed by atoms with van der Waals surface area (Å²) < 4.78 is 20.2. The third-order valence-electron chi connectivity index (χ3n) is 5.99. The number of fused-ring (bicyclic) bond motifs is 2. The quantitative estimate of drug-likeness (QED) is 0.257. The minimum Gasteiger partial charge on any atom is -0.462 e. The first-order chi connectivity index (χ1) is 17.5. The fourth-order valence-electron chi connectivity index (χ4n) is 4.37. The summed E-state index contributed by atoms with van der Waals surface area (Å²) in [5, 5.41) is 3.79. The number of anilines is 1. The number of esters is 1. The molecule has 3 aromatic rings. The van der Waals surface area contributed by atoms with Crippen LogP contribution < -0.4 is 10.9 Å². The lowest BCUT2D eigenvalue weighted by atomic mass is 9.95. The number of carbonyl (C=O) groups is 2. The number of nitrogens with zero attached hydrogens (tertiary/aromatic N) is 2. The molecule has 3 heterocycles. The van der Waals surface area contributed by atoms with Gasteiger partial charge in [0, 0.05) is 17.1 Å². The first-order valence-electron chi connectivity index (χ1n) is 11.7. The van der Waals surface area contributed by atoms with Crippen molar-refractivity contribution in [1.29, 1.82) is 0 Å². The summed E-state index contributed by atoms with van der Waals surface area (Å²) in [5.74, 6) is -0.360. The van der Waals surface area contributed by atoms with Crippen molar-refractivity contribution < 1.29 is 18.7 Å². The van der Waals surface area contributed by atoms with E-state index in [0.717, 1.165) is 59.3 Å². The van der Waals surface area contributed by atoms with Gasteiger partial charge in [0.05, 0.1) is 34.2 Å². The molecule has 2 aliphatic rings. The number of rotatable bonds is 7. The molecule has 1 N–H and O–H groups in total. The van der Waals surface area contributed by atoms with Gasteiger partial charge in [0.1, 0.15) is 10.8 Å².